The van der Waals surface area contributed by atoms with Crippen molar-refractivity contribution in [2.45, 2.75) is 30.7 Å². The number of carbonyl (C=O) groups is 1. The van der Waals surface area contributed by atoms with E-state index in [1.807, 2.05) is 0 Å². The van der Waals surface area contributed by atoms with E-state index in [0.717, 1.165) is 24.2 Å². The van der Waals surface area contributed by atoms with E-state index in [-0.39, 0.29) is 16.8 Å². The third-order valence-corrected chi connectivity index (χ3v) is 6.44. The van der Waals surface area contributed by atoms with Gasteiger partial charge in [-0.2, -0.15) is 0 Å². The summed E-state index contributed by atoms with van der Waals surface area (Å²) in [5.41, 5.74) is 5.80. The number of amides is 1. The minimum atomic E-state index is -3.51. The van der Waals surface area contributed by atoms with Crippen molar-refractivity contribution in [3.8, 4) is 0 Å². The molecule has 6 nitrogen and oxygen atoms in total. The highest BCUT2D eigenvalue weighted by Gasteiger charge is 2.32. The molecule has 1 aromatic rings. The van der Waals surface area contributed by atoms with Gasteiger partial charge >= 0.3 is 0 Å². The molecule has 1 aliphatic rings. The van der Waals surface area contributed by atoms with E-state index in [9.17, 15) is 13.2 Å². The maximum atomic E-state index is 12.6. The van der Waals surface area contributed by atoms with Gasteiger partial charge < -0.3 is 10.6 Å². The Bertz CT molecular complexity index is 612. The molecule has 0 saturated carbocycles. The van der Waals surface area contributed by atoms with Crippen molar-refractivity contribution in [2.75, 3.05) is 20.1 Å². The van der Waals surface area contributed by atoms with Crippen molar-refractivity contribution in [3.63, 3.8) is 0 Å². The summed E-state index contributed by atoms with van der Waals surface area (Å²) in [4.78, 5) is 15.0. The van der Waals surface area contributed by atoms with Crippen LogP contribution in [0.3, 0.4) is 0 Å². The van der Waals surface area contributed by atoms with Crippen molar-refractivity contribution in [3.05, 3.63) is 16.3 Å². The van der Waals surface area contributed by atoms with Crippen LogP contribution in [0.2, 0.25) is 0 Å². The van der Waals surface area contributed by atoms with Gasteiger partial charge in [0.15, 0.2) is 0 Å². The largest absolute Gasteiger partial charge is 0.333 e. The molecular formula is C13H21N3O3S2. The predicted octanol–water partition coefficient (Wildman–Crippen LogP) is 0.856. The van der Waals surface area contributed by atoms with Gasteiger partial charge in [0.2, 0.25) is 10.0 Å². The summed E-state index contributed by atoms with van der Waals surface area (Å²) in [5.74, 6) is 0.243. The summed E-state index contributed by atoms with van der Waals surface area (Å²) in [6, 6.07) is 1.46. The first-order valence-corrected chi connectivity index (χ1v) is 9.30. The number of sulfonamides is 1. The van der Waals surface area contributed by atoms with Gasteiger partial charge in [-0.1, -0.05) is 6.92 Å². The maximum Gasteiger partial charge on any atom is 0.264 e. The van der Waals surface area contributed by atoms with E-state index < -0.39 is 10.0 Å². The van der Waals surface area contributed by atoms with Gasteiger partial charge in [0.05, 0.1) is 9.77 Å². The lowest BCUT2D eigenvalue weighted by Crippen LogP contribution is -2.51. The molecule has 1 amide bonds. The van der Waals surface area contributed by atoms with E-state index in [4.69, 9.17) is 5.73 Å². The van der Waals surface area contributed by atoms with Crippen molar-refractivity contribution in [1.82, 2.24) is 9.62 Å². The molecule has 0 bridgehead atoms. The highest BCUT2D eigenvalue weighted by Crippen LogP contribution is 2.27. The number of carbonyl (C=O) groups excluding carboxylic acids is 1. The van der Waals surface area contributed by atoms with Crippen LogP contribution in [0, 0.1) is 5.92 Å². The number of likely N-dealkylation sites (tertiary alicyclic amines) is 1. The van der Waals surface area contributed by atoms with Gasteiger partial charge in [0, 0.05) is 24.5 Å². The van der Waals surface area contributed by atoms with Crippen molar-refractivity contribution in [1.29, 1.82) is 0 Å². The van der Waals surface area contributed by atoms with E-state index in [0.29, 0.717) is 23.9 Å². The molecule has 8 heteroatoms. The van der Waals surface area contributed by atoms with Crippen LogP contribution in [0.25, 0.3) is 0 Å². The van der Waals surface area contributed by atoms with Gasteiger partial charge in [-0.05, 0) is 31.9 Å². The van der Waals surface area contributed by atoms with Crippen molar-refractivity contribution < 1.29 is 13.2 Å². The Balaban J connectivity index is 2.24. The zero-order chi connectivity index (χ0) is 15.6. The highest BCUT2D eigenvalue weighted by molar-refractivity contribution is 7.89. The molecule has 21 heavy (non-hydrogen) atoms. The molecule has 2 rings (SSSR count). The summed E-state index contributed by atoms with van der Waals surface area (Å²) < 4.78 is 25.7. The van der Waals surface area contributed by atoms with Gasteiger partial charge in [-0.3, -0.25) is 4.79 Å². The fourth-order valence-electron chi connectivity index (χ4n) is 2.69. The molecule has 0 aromatic carbocycles. The Morgan fingerprint density at radius 1 is 1.57 bits per heavy atom. The number of nitrogens with one attached hydrogen (secondary N) is 1. The van der Waals surface area contributed by atoms with Crippen LogP contribution in [-0.4, -0.2) is 45.4 Å². The topological polar surface area (TPSA) is 92.5 Å². The van der Waals surface area contributed by atoms with E-state index in [1.165, 1.54) is 18.5 Å². The third-order valence-electron chi connectivity index (χ3n) is 3.98. The Morgan fingerprint density at radius 2 is 2.29 bits per heavy atom. The maximum absolute atomic E-state index is 12.6. The average molecular weight is 331 g/mol. The lowest BCUT2D eigenvalue weighted by Gasteiger charge is -2.39. The second-order valence-corrected chi connectivity index (χ2v) is 8.07. The molecule has 0 aliphatic carbocycles. The van der Waals surface area contributed by atoms with Crippen LogP contribution in [0.5, 0.6) is 0 Å². The molecule has 1 aliphatic heterocycles. The van der Waals surface area contributed by atoms with Crippen LogP contribution in [0.15, 0.2) is 16.3 Å². The first kappa shape index (κ1) is 16.4. The number of piperidine rings is 1. The number of nitrogens with two attached hydrogens (primary N) is 1. The summed E-state index contributed by atoms with van der Waals surface area (Å²) >= 11 is 1.16. The molecule has 118 valence electrons. The highest BCUT2D eigenvalue weighted by atomic mass is 32.2. The summed E-state index contributed by atoms with van der Waals surface area (Å²) in [7, 11) is -2.15. The molecule has 1 saturated heterocycles. The molecule has 0 unspecified atom stereocenters. The predicted molar refractivity (Wildman–Crippen MR) is 82.8 cm³/mol. The smallest absolute Gasteiger partial charge is 0.264 e. The summed E-state index contributed by atoms with van der Waals surface area (Å²) in [6.07, 6.45) is 2.02. The molecule has 2 heterocycles. The molecule has 0 spiro atoms. The number of hydrogen-bond acceptors (Lipinski definition) is 5. The van der Waals surface area contributed by atoms with Crippen molar-refractivity contribution in [2.24, 2.45) is 11.7 Å². The summed E-state index contributed by atoms with van der Waals surface area (Å²) in [5, 5.41) is 1.49. The number of rotatable bonds is 4. The minimum Gasteiger partial charge on any atom is -0.333 e. The number of hydrogen-bond donors (Lipinski definition) is 2. The van der Waals surface area contributed by atoms with Crippen molar-refractivity contribution >= 4 is 27.3 Å². The van der Waals surface area contributed by atoms with E-state index >= 15 is 0 Å². The second-order valence-electron chi connectivity index (χ2n) is 5.28. The fraction of sp³-hybridized carbons (Fsp3) is 0.615. The molecule has 3 N–H and O–H groups in total. The van der Waals surface area contributed by atoms with E-state index in [1.54, 1.807) is 4.90 Å². The van der Waals surface area contributed by atoms with Crippen LogP contribution in [0.1, 0.15) is 29.4 Å². The third kappa shape index (κ3) is 3.28. The molecule has 1 fully saturated rings. The van der Waals surface area contributed by atoms with E-state index in [2.05, 4.69) is 11.6 Å². The standard InChI is InChI=1S/C13H21N3O3S2/c1-9-4-3-5-16(11(9)7-14)13(17)12-6-10(8-20-12)21(18,19)15-2/h6,8-9,11,15H,3-5,7,14H2,1-2H3/t9-,11+/m1/s1. The molecule has 1 aromatic heterocycles. The van der Waals surface area contributed by atoms with Crippen LogP contribution in [-0.2, 0) is 10.0 Å². The average Bonchev–Trinajstić information content (AvgIpc) is 2.96. The number of thiophene rings is 1. The van der Waals surface area contributed by atoms with Crippen LogP contribution in [0.4, 0.5) is 0 Å². The zero-order valence-corrected chi connectivity index (χ0v) is 13.8. The lowest BCUT2D eigenvalue weighted by atomic mass is 9.90. The molecule has 2 atom stereocenters. The fourth-order valence-corrected chi connectivity index (χ4v) is 4.65. The Kier molecular flexibility index (Phi) is 5.03. The minimum absolute atomic E-state index is 0.0257. The van der Waals surface area contributed by atoms with Gasteiger partial charge in [-0.25, -0.2) is 13.1 Å². The Morgan fingerprint density at radius 3 is 2.90 bits per heavy atom. The normalized spacial score (nSPS) is 23.3. The Hall–Kier alpha value is -0.960. The van der Waals surface area contributed by atoms with Gasteiger partial charge in [0.25, 0.3) is 5.91 Å². The second kappa shape index (κ2) is 6.43. The summed E-state index contributed by atoms with van der Waals surface area (Å²) in [6.45, 7) is 3.21. The van der Waals surface area contributed by atoms with Crippen LogP contribution < -0.4 is 10.5 Å². The SMILES string of the molecule is CNS(=O)(=O)c1csc(C(=O)N2CCC[C@@H](C)[C@@H]2CN)c1. The monoisotopic (exact) mass is 331 g/mol. The van der Waals surface area contributed by atoms with Crippen LogP contribution >= 0.6 is 11.3 Å². The molecular weight excluding hydrogens is 310 g/mol. The van der Waals surface area contributed by atoms with Gasteiger partial charge in [0.1, 0.15) is 0 Å². The zero-order valence-electron chi connectivity index (χ0n) is 12.2. The first-order chi connectivity index (χ1) is 9.90. The molecule has 0 radical (unpaired) electrons. The quantitative estimate of drug-likeness (QED) is 0.856. The Labute approximate surface area is 129 Å². The first-order valence-electron chi connectivity index (χ1n) is 6.94. The number of nitrogens with zero attached hydrogens (tertiary/aromatic N) is 1. The van der Waals surface area contributed by atoms with Gasteiger partial charge in [-0.15, -0.1) is 11.3 Å². The lowest BCUT2D eigenvalue weighted by molar-refractivity contribution is 0.0537.